The number of ether oxygens (including phenoxy) is 6. The minimum absolute atomic E-state index is 0.0859. The van der Waals surface area contributed by atoms with E-state index in [1.165, 1.54) is 6.07 Å². The predicted octanol–water partition coefficient (Wildman–Crippen LogP) is 7.05. The first-order valence-electron chi connectivity index (χ1n) is 20.3. The number of fused-ring (bicyclic) bond motifs is 1. The van der Waals surface area contributed by atoms with Gasteiger partial charge in [-0.3, -0.25) is 9.59 Å². The molecule has 2 saturated heterocycles. The number of carbonyl (C=O) groups is 6. The molecule has 0 aliphatic carbocycles. The molecule has 2 fully saturated rings. The maximum atomic E-state index is 13.7. The SMILES string of the molecule is CC(C)(C)OC(=O)COc1cc(OCC(=O)OC(C)(C)C)cc(-c2cc(COC(=O)OC(C)(C)C)cc(C(=O)CCCNC(=O)CCCC[C@@H]3SC[C@@H]4NC(=O)N[C@@H]43)c2)c1. The largest absolute Gasteiger partial charge is 0.509 e. The van der Waals surface area contributed by atoms with Crippen LogP contribution < -0.4 is 25.4 Å². The Morgan fingerprint density at radius 3 is 1.92 bits per heavy atom. The fourth-order valence-electron chi connectivity index (χ4n) is 6.44. The molecule has 2 aliphatic rings. The molecule has 2 aromatic rings. The Kier molecular flexibility index (Phi) is 16.7. The molecule has 0 radical (unpaired) electrons. The number of unbranched alkanes of at least 4 members (excludes halogenated alkanes) is 1. The van der Waals surface area contributed by atoms with Gasteiger partial charge in [-0.2, -0.15) is 11.8 Å². The maximum Gasteiger partial charge on any atom is 0.509 e. The highest BCUT2D eigenvalue weighted by Crippen LogP contribution is 2.34. The number of hydrogen-bond donors (Lipinski definition) is 3. The summed E-state index contributed by atoms with van der Waals surface area (Å²) >= 11 is 1.85. The quantitative estimate of drug-likeness (QED) is 0.0428. The molecule has 0 spiro atoms. The van der Waals surface area contributed by atoms with Crippen molar-refractivity contribution in [3.05, 3.63) is 47.5 Å². The molecule has 3 N–H and O–H groups in total. The molecule has 0 aromatic heterocycles. The Labute approximate surface area is 357 Å². The van der Waals surface area contributed by atoms with E-state index >= 15 is 0 Å². The minimum atomic E-state index is -0.877. The number of amides is 3. The van der Waals surface area contributed by atoms with Gasteiger partial charge < -0.3 is 44.4 Å². The molecular formula is C44H61N3O12S. The van der Waals surface area contributed by atoms with Gasteiger partial charge in [0.2, 0.25) is 5.91 Å². The lowest BCUT2D eigenvalue weighted by atomic mass is 9.96. The van der Waals surface area contributed by atoms with Gasteiger partial charge in [0, 0.05) is 42.0 Å². The van der Waals surface area contributed by atoms with Crippen LogP contribution in [-0.4, -0.2) is 95.5 Å². The van der Waals surface area contributed by atoms with E-state index in [1.54, 1.807) is 92.6 Å². The van der Waals surface area contributed by atoms with Crippen LogP contribution in [0.15, 0.2) is 36.4 Å². The fourth-order valence-corrected chi connectivity index (χ4v) is 7.98. The lowest BCUT2D eigenvalue weighted by Crippen LogP contribution is -2.36. The van der Waals surface area contributed by atoms with Gasteiger partial charge in [0.15, 0.2) is 19.0 Å². The monoisotopic (exact) mass is 855 g/mol. The van der Waals surface area contributed by atoms with Crippen LogP contribution in [-0.2, 0) is 39.9 Å². The van der Waals surface area contributed by atoms with Crippen LogP contribution in [0.5, 0.6) is 11.5 Å². The molecule has 2 aliphatic heterocycles. The number of thioether (sulfide) groups is 1. The Morgan fingerprint density at radius 1 is 0.717 bits per heavy atom. The molecule has 15 nitrogen and oxygen atoms in total. The van der Waals surface area contributed by atoms with Crippen molar-refractivity contribution >= 4 is 47.6 Å². The van der Waals surface area contributed by atoms with Crippen LogP contribution >= 0.6 is 11.8 Å². The van der Waals surface area contributed by atoms with Crippen molar-refractivity contribution in [1.82, 2.24) is 16.0 Å². The van der Waals surface area contributed by atoms with Gasteiger partial charge in [-0.25, -0.2) is 19.2 Å². The number of Topliss-reactive ketones (excluding diaryl/α,β-unsaturated/α-hetero) is 1. The third-order valence-electron chi connectivity index (χ3n) is 8.81. The van der Waals surface area contributed by atoms with Gasteiger partial charge in [-0.1, -0.05) is 6.42 Å². The summed E-state index contributed by atoms with van der Waals surface area (Å²) in [5.41, 5.74) is -0.378. The molecule has 2 heterocycles. The third-order valence-corrected chi connectivity index (χ3v) is 10.3. The van der Waals surface area contributed by atoms with E-state index in [0.717, 1.165) is 25.0 Å². The lowest BCUT2D eigenvalue weighted by Gasteiger charge is -2.20. The van der Waals surface area contributed by atoms with Crippen LogP contribution in [0.3, 0.4) is 0 Å². The van der Waals surface area contributed by atoms with Crippen molar-refractivity contribution in [3.8, 4) is 22.6 Å². The second kappa shape index (κ2) is 21.0. The van der Waals surface area contributed by atoms with Crippen molar-refractivity contribution in [3.63, 3.8) is 0 Å². The van der Waals surface area contributed by atoms with Gasteiger partial charge in [0.05, 0.1) is 12.1 Å². The first-order chi connectivity index (χ1) is 28.0. The molecule has 60 heavy (non-hydrogen) atoms. The molecule has 330 valence electrons. The van der Waals surface area contributed by atoms with Crippen LogP contribution in [0, 0.1) is 0 Å². The summed E-state index contributed by atoms with van der Waals surface area (Å²) in [5.74, 6) is -0.132. The summed E-state index contributed by atoms with van der Waals surface area (Å²) in [7, 11) is 0. The summed E-state index contributed by atoms with van der Waals surface area (Å²) in [6.45, 7) is 14.9. The number of benzene rings is 2. The summed E-state index contributed by atoms with van der Waals surface area (Å²) in [5, 5.41) is 9.19. The number of esters is 2. The van der Waals surface area contributed by atoms with Crippen molar-refractivity contribution in [2.75, 3.05) is 25.5 Å². The Hall–Kier alpha value is -4.99. The van der Waals surface area contributed by atoms with E-state index in [0.29, 0.717) is 46.9 Å². The highest BCUT2D eigenvalue weighted by Gasteiger charge is 2.42. The average molecular weight is 856 g/mol. The van der Waals surface area contributed by atoms with Crippen molar-refractivity contribution in [2.45, 2.75) is 142 Å². The molecule has 3 atom stereocenters. The molecule has 0 unspecified atom stereocenters. The normalized spacial score (nSPS) is 17.4. The predicted molar refractivity (Wildman–Crippen MR) is 226 cm³/mol. The Bertz CT molecular complexity index is 1810. The van der Waals surface area contributed by atoms with E-state index in [4.69, 9.17) is 28.4 Å². The smallest absolute Gasteiger partial charge is 0.482 e. The zero-order valence-electron chi connectivity index (χ0n) is 36.3. The molecule has 0 bridgehead atoms. The number of nitrogens with one attached hydrogen (secondary N) is 3. The zero-order chi connectivity index (χ0) is 44.3. The molecule has 0 saturated carbocycles. The first-order valence-corrected chi connectivity index (χ1v) is 21.4. The summed E-state index contributed by atoms with van der Waals surface area (Å²) in [4.78, 5) is 75.4. The van der Waals surface area contributed by atoms with Crippen LogP contribution in [0.4, 0.5) is 9.59 Å². The average Bonchev–Trinajstić information content (AvgIpc) is 3.69. The number of rotatable bonds is 19. The molecule has 3 amide bonds. The van der Waals surface area contributed by atoms with Gasteiger partial charge in [0.1, 0.15) is 34.9 Å². The number of urea groups is 1. The van der Waals surface area contributed by atoms with Gasteiger partial charge in [-0.05, 0) is 129 Å². The van der Waals surface area contributed by atoms with Crippen LogP contribution in [0.1, 0.15) is 117 Å². The van der Waals surface area contributed by atoms with Crippen molar-refractivity contribution in [2.24, 2.45) is 0 Å². The van der Waals surface area contributed by atoms with Crippen molar-refractivity contribution < 1.29 is 57.2 Å². The summed E-state index contributed by atoms with van der Waals surface area (Å²) in [6, 6.07) is 10.1. The third kappa shape index (κ3) is 16.9. The lowest BCUT2D eigenvalue weighted by molar-refractivity contribution is -0.158. The highest BCUT2D eigenvalue weighted by atomic mass is 32.2. The van der Waals surface area contributed by atoms with Crippen LogP contribution in [0.25, 0.3) is 11.1 Å². The standard InChI is InChI=1S/C44H61N3O12S/c1-42(2,3)57-37(50)24-54-31-20-29(21-32(22-31)55-25-38(51)58-43(4,5)6)28-17-27(23-56-41(53)59-44(7,8)9)18-30(19-28)34(48)13-12-16-45-36(49)15-11-10-14-35-39-33(26-60-35)46-40(52)47-39/h17-22,33,35,39H,10-16,23-26H2,1-9H3,(H,45,49)(H2,46,47,52)/t33-,35-,39-/m0/s1. The number of hydrogen-bond acceptors (Lipinski definition) is 13. The fraction of sp³-hybridized carbons (Fsp3) is 0.591. The van der Waals surface area contributed by atoms with Crippen molar-refractivity contribution in [1.29, 1.82) is 0 Å². The minimum Gasteiger partial charge on any atom is -0.482 e. The van der Waals surface area contributed by atoms with E-state index in [-0.39, 0.29) is 54.3 Å². The second-order valence-electron chi connectivity index (χ2n) is 17.9. The topological polar surface area (TPSA) is 194 Å². The van der Waals surface area contributed by atoms with E-state index in [2.05, 4.69) is 16.0 Å². The first kappa shape index (κ1) is 47.7. The van der Waals surface area contributed by atoms with E-state index < -0.39 is 48.1 Å². The molecule has 2 aromatic carbocycles. The van der Waals surface area contributed by atoms with Gasteiger partial charge in [-0.15, -0.1) is 0 Å². The Balaban J connectivity index is 1.45. The Morgan fingerprint density at radius 2 is 1.32 bits per heavy atom. The molecule has 4 rings (SSSR count). The highest BCUT2D eigenvalue weighted by molar-refractivity contribution is 8.00. The molecule has 16 heteroatoms. The van der Waals surface area contributed by atoms with Gasteiger partial charge in [0.25, 0.3) is 0 Å². The maximum absolute atomic E-state index is 13.7. The summed E-state index contributed by atoms with van der Waals surface area (Å²) < 4.78 is 33.1. The summed E-state index contributed by atoms with van der Waals surface area (Å²) in [6.07, 6.45) is 2.53. The second-order valence-corrected chi connectivity index (χ2v) is 19.1. The zero-order valence-corrected chi connectivity index (χ0v) is 37.1. The van der Waals surface area contributed by atoms with E-state index in [9.17, 15) is 28.8 Å². The number of carbonyl (C=O) groups excluding carboxylic acids is 6. The number of ketones is 1. The van der Waals surface area contributed by atoms with E-state index in [1.807, 2.05) is 11.8 Å². The van der Waals surface area contributed by atoms with Gasteiger partial charge >= 0.3 is 24.1 Å². The van der Waals surface area contributed by atoms with Crippen LogP contribution in [0.2, 0.25) is 0 Å². The molecular weight excluding hydrogens is 795 g/mol.